The summed E-state index contributed by atoms with van der Waals surface area (Å²) < 4.78 is 0. The molecule has 1 aromatic carbocycles. The first-order chi connectivity index (χ1) is 13.7. The minimum atomic E-state index is -1.21. The van der Waals surface area contributed by atoms with Gasteiger partial charge in [-0.2, -0.15) is 0 Å². The molecular formula is C17H17N5O7. The first-order valence-electron chi connectivity index (χ1n) is 8.27. The maximum absolute atomic E-state index is 10.4. The zero-order valence-electron chi connectivity index (χ0n) is 15.2. The van der Waals surface area contributed by atoms with E-state index < -0.39 is 37.6 Å². The molecule has 0 spiro atoms. The van der Waals surface area contributed by atoms with Crippen LogP contribution in [0.15, 0.2) is 48.8 Å². The molecule has 152 valence electrons. The second-order valence-electron chi connectivity index (χ2n) is 6.05. The number of rotatable bonds is 4. The summed E-state index contributed by atoms with van der Waals surface area (Å²) in [5, 5.41) is 40.2. The van der Waals surface area contributed by atoms with E-state index in [9.17, 15) is 30.3 Å². The molecule has 12 nitrogen and oxygen atoms in total. The summed E-state index contributed by atoms with van der Waals surface area (Å²) in [4.78, 5) is 34.3. The van der Waals surface area contributed by atoms with E-state index in [-0.39, 0.29) is 0 Å². The highest BCUT2D eigenvalue weighted by Gasteiger charge is 2.30. The van der Waals surface area contributed by atoms with Crippen molar-refractivity contribution in [1.82, 2.24) is 9.88 Å². The number of hydrogen-bond acceptors (Lipinski definition) is 9. The van der Waals surface area contributed by atoms with Crippen LogP contribution in [0.3, 0.4) is 0 Å². The topological polar surface area (TPSA) is 166 Å². The lowest BCUT2D eigenvalue weighted by Gasteiger charge is -2.29. The summed E-state index contributed by atoms with van der Waals surface area (Å²) in [6.45, 7) is 1.04. The number of aromatic hydroxyl groups is 1. The van der Waals surface area contributed by atoms with Crippen LogP contribution >= 0.6 is 0 Å². The number of phenolic OH excluding ortho intramolecular Hbond substituents is 1. The molecule has 0 radical (unpaired) electrons. The lowest BCUT2D eigenvalue weighted by Crippen LogP contribution is -2.26. The number of nitro benzene ring substituents is 3. The monoisotopic (exact) mass is 403 g/mol. The molecular weight excluding hydrogens is 386 g/mol. The minimum absolute atomic E-state index is 0.447. The molecule has 0 aliphatic carbocycles. The molecule has 0 fully saturated rings. The van der Waals surface area contributed by atoms with Gasteiger partial charge < -0.3 is 5.11 Å². The van der Waals surface area contributed by atoms with Crippen LogP contribution in [0.5, 0.6) is 5.75 Å². The lowest BCUT2D eigenvalue weighted by molar-refractivity contribution is -0.404. The van der Waals surface area contributed by atoms with E-state index in [0.717, 1.165) is 13.0 Å². The van der Waals surface area contributed by atoms with E-state index >= 15 is 0 Å². The second kappa shape index (κ2) is 9.32. The Balaban J connectivity index is 0.000000211. The third-order valence-electron chi connectivity index (χ3n) is 4.18. The van der Waals surface area contributed by atoms with Gasteiger partial charge in [0.15, 0.2) is 0 Å². The Morgan fingerprint density at radius 3 is 2.14 bits per heavy atom. The Morgan fingerprint density at radius 1 is 1.07 bits per heavy atom. The van der Waals surface area contributed by atoms with Gasteiger partial charge >= 0.3 is 11.4 Å². The van der Waals surface area contributed by atoms with Crippen LogP contribution in [-0.4, -0.2) is 43.4 Å². The average Bonchev–Trinajstić information content (AvgIpc) is 2.69. The van der Waals surface area contributed by atoms with Crippen LogP contribution in [0, 0.1) is 30.3 Å². The summed E-state index contributed by atoms with van der Waals surface area (Å²) >= 11 is 0. The predicted molar refractivity (Wildman–Crippen MR) is 101 cm³/mol. The van der Waals surface area contributed by atoms with E-state index in [0.29, 0.717) is 18.2 Å². The highest BCUT2D eigenvalue weighted by atomic mass is 16.6. The molecule has 2 aromatic rings. The van der Waals surface area contributed by atoms with Crippen molar-refractivity contribution in [2.24, 2.45) is 0 Å². The van der Waals surface area contributed by atoms with Gasteiger partial charge in [0, 0.05) is 25.0 Å². The molecule has 0 saturated carbocycles. The lowest BCUT2D eigenvalue weighted by atomic mass is 10.0. The van der Waals surface area contributed by atoms with Crippen LogP contribution in [0.2, 0.25) is 0 Å². The minimum Gasteiger partial charge on any atom is -0.497 e. The van der Waals surface area contributed by atoms with E-state index in [1.807, 2.05) is 18.5 Å². The Hall–Kier alpha value is -3.93. The molecule has 2 heterocycles. The fourth-order valence-electron chi connectivity index (χ4n) is 2.71. The molecule has 1 N–H and O–H groups in total. The van der Waals surface area contributed by atoms with Crippen molar-refractivity contribution < 1.29 is 19.9 Å². The van der Waals surface area contributed by atoms with E-state index in [1.165, 1.54) is 5.56 Å². The molecule has 29 heavy (non-hydrogen) atoms. The molecule has 1 atom stereocenters. The second-order valence-corrected chi connectivity index (χ2v) is 6.05. The zero-order chi connectivity index (χ0) is 21.6. The third-order valence-corrected chi connectivity index (χ3v) is 4.18. The predicted octanol–water partition coefficient (Wildman–Crippen LogP) is 3.13. The molecule has 0 saturated heterocycles. The number of pyridine rings is 1. The van der Waals surface area contributed by atoms with E-state index in [1.54, 1.807) is 0 Å². The summed E-state index contributed by atoms with van der Waals surface area (Å²) in [5.41, 5.74) is -1.69. The molecule has 1 unspecified atom stereocenters. The first-order valence-corrected chi connectivity index (χ1v) is 8.27. The standard InChI is InChI=1S/C11H14N2.C6H3N3O7/c1-13-8-3-2-6-11(13)10-5-4-7-12-9-10;10-6-4(8(13)14)1-3(7(11)12)2-5(6)9(15)16/h2-5,7,9,11H,6,8H2,1H3;1-2,10H. The van der Waals surface area contributed by atoms with Gasteiger partial charge in [0.05, 0.1) is 26.9 Å². The maximum atomic E-state index is 10.4. The van der Waals surface area contributed by atoms with Crippen molar-refractivity contribution in [3.63, 3.8) is 0 Å². The largest absolute Gasteiger partial charge is 0.497 e. The number of phenols is 1. The molecule has 0 amide bonds. The number of hydrogen-bond donors (Lipinski definition) is 1. The summed E-state index contributed by atoms with van der Waals surface area (Å²) in [6.07, 6.45) is 9.34. The molecule has 0 bridgehead atoms. The van der Waals surface area contributed by atoms with Gasteiger partial charge in [0.25, 0.3) is 11.4 Å². The highest BCUT2D eigenvalue weighted by molar-refractivity contribution is 5.64. The number of nitro groups is 3. The van der Waals surface area contributed by atoms with Crippen LogP contribution in [0.1, 0.15) is 18.0 Å². The van der Waals surface area contributed by atoms with Gasteiger partial charge in [-0.25, -0.2) is 0 Å². The van der Waals surface area contributed by atoms with Gasteiger partial charge in [0.2, 0.25) is 0 Å². The fraction of sp³-hybridized carbons (Fsp3) is 0.235. The molecule has 1 aliphatic heterocycles. The molecule has 12 heteroatoms. The SMILES string of the molecule is CN1CC=CCC1c1cccnc1.O=[N+]([O-])c1cc([N+](=O)[O-])c(O)c([N+](=O)[O-])c1. The molecule has 1 aromatic heterocycles. The number of likely N-dealkylation sites (N-methyl/N-ethyl adjacent to an activating group) is 1. The van der Waals surface area contributed by atoms with Crippen molar-refractivity contribution in [3.05, 3.63) is 84.7 Å². The quantitative estimate of drug-likeness (QED) is 0.458. The summed E-state index contributed by atoms with van der Waals surface area (Å²) in [6, 6.07) is 5.55. The van der Waals surface area contributed by atoms with E-state index in [4.69, 9.17) is 5.11 Å². The van der Waals surface area contributed by atoms with Crippen molar-refractivity contribution in [1.29, 1.82) is 0 Å². The van der Waals surface area contributed by atoms with Crippen LogP contribution in [0.25, 0.3) is 0 Å². The maximum Gasteiger partial charge on any atom is 0.324 e. The van der Waals surface area contributed by atoms with Crippen molar-refractivity contribution >= 4 is 17.1 Å². The van der Waals surface area contributed by atoms with Crippen molar-refractivity contribution in [2.75, 3.05) is 13.6 Å². The van der Waals surface area contributed by atoms with Crippen molar-refractivity contribution in [2.45, 2.75) is 12.5 Å². The van der Waals surface area contributed by atoms with Crippen LogP contribution < -0.4 is 0 Å². The number of aromatic nitrogens is 1. The third kappa shape index (κ3) is 5.29. The smallest absolute Gasteiger partial charge is 0.324 e. The molecule has 3 rings (SSSR count). The van der Waals surface area contributed by atoms with Gasteiger partial charge in [-0.05, 0) is 25.1 Å². The van der Waals surface area contributed by atoms with Crippen LogP contribution in [-0.2, 0) is 0 Å². The Bertz CT molecular complexity index is 913. The average molecular weight is 403 g/mol. The van der Waals surface area contributed by atoms with Gasteiger partial charge in [0.1, 0.15) is 0 Å². The first kappa shape index (κ1) is 21.4. The Labute approximate surface area is 164 Å². The summed E-state index contributed by atoms with van der Waals surface area (Å²) in [7, 11) is 2.15. The van der Waals surface area contributed by atoms with Gasteiger partial charge in [-0.15, -0.1) is 0 Å². The van der Waals surface area contributed by atoms with Gasteiger partial charge in [-0.1, -0.05) is 18.2 Å². The Kier molecular flexibility index (Phi) is 6.87. The van der Waals surface area contributed by atoms with E-state index in [2.05, 4.69) is 35.1 Å². The van der Waals surface area contributed by atoms with Gasteiger partial charge in [-0.3, -0.25) is 40.2 Å². The Morgan fingerprint density at radius 2 is 1.69 bits per heavy atom. The number of non-ortho nitro benzene ring substituents is 1. The highest BCUT2D eigenvalue weighted by Crippen LogP contribution is 2.38. The van der Waals surface area contributed by atoms with Crippen LogP contribution in [0.4, 0.5) is 17.1 Å². The zero-order valence-corrected chi connectivity index (χ0v) is 15.2. The van der Waals surface area contributed by atoms with Crippen molar-refractivity contribution in [3.8, 4) is 5.75 Å². The molecule has 1 aliphatic rings. The number of benzene rings is 1. The summed E-state index contributed by atoms with van der Waals surface area (Å²) in [5.74, 6) is -1.21. The number of nitrogens with zero attached hydrogens (tertiary/aromatic N) is 5. The fourth-order valence-corrected chi connectivity index (χ4v) is 2.71. The normalized spacial score (nSPS) is 15.8.